The molecule has 0 amide bonds. The number of nitrogens with zero attached hydrogens (tertiary/aromatic N) is 1. The zero-order valence-electron chi connectivity index (χ0n) is 10.6. The summed E-state index contributed by atoms with van der Waals surface area (Å²) in [6.07, 6.45) is 0. The van der Waals surface area contributed by atoms with Crippen LogP contribution in [-0.2, 0) is 0 Å². The van der Waals surface area contributed by atoms with Crippen LogP contribution in [0.2, 0.25) is 0 Å². The molecule has 0 fully saturated rings. The third-order valence-electron chi connectivity index (χ3n) is 3.18. The fraction of sp³-hybridized carbons (Fsp3) is 0.0667. The van der Waals surface area contributed by atoms with Gasteiger partial charge in [0.25, 0.3) is 17.2 Å². The molecule has 0 saturated carbocycles. The number of fused-ring (bicyclic) bond motifs is 1. The van der Waals surface area contributed by atoms with Gasteiger partial charge in [-0.1, -0.05) is 28.1 Å². The zero-order chi connectivity index (χ0) is 14.3. The Morgan fingerprint density at radius 2 is 1.95 bits per heavy atom. The molecule has 0 bridgehead atoms. The second kappa shape index (κ2) is 4.76. The van der Waals surface area contributed by atoms with Crippen LogP contribution in [0.5, 0.6) is 5.75 Å². The van der Waals surface area contributed by atoms with E-state index >= 15 is 0 Å². The Labute approximate surface area is 124 Å². The lowest BCUT2D eigenvalue weighted by molar-refractivity contribution is -0.356. The Morgan fingerprint density at radius 3 is 2.65 bits per heavy atom. The van der Waals surface area contributed by atoms with Crippen LogP contribution in [0.4, 0.5) is 5.69 Å². The first kappa shape index (κ1) is 12.9. The first-order valence-electron chi connectivity index (χ1n) is 5.95. The Kier molecular flexibility index (Phi) is 3.06. The van der Waals surface area contributed by atoms with Crippen LogP contribution in [0.3, 0.4) is 0 Å². The molecule has 0 spiro atoms. The first-order chi connectivity index (χ1) is 9.63. The van der Waals surface area contributed by atoms with Crippen LogP contribution in [0, 0.1) is 5.21 Å². The largest absolute Gasteiger partial charge is 0.618 e. The van der Waals surface area contributed by atoms with Crippen LogP contribution in [0.1, 0.15) is 15.9 Å². The van der Waals surface area contributed by atoms with Crippen molar-refractivity contribution in [2.24, 2.45) is 0 Å². The molecule has 0 N–H and O–H groups in total. The average molecular weight is 332 g/mol. The lowest BCUT2D eigenvalue weighted by Crippen LogP contribution is -2.16. The molecule has 0 unspecified atom stereocenters. The standard InChI is InChI=1S/C15H10BrNO3/c1-20-12-7-3-6-11-14(12)17(19)13(15(11)18)9-4-2-5-10(16)8-9/h2-8H,1H3. The number of ether oxygens (including phenoxy) is 1. The predicted molar refractivity (Wildman–Crippen MR) is 78.9 cm³/mol. The van der Waals surface area contributed by atoms with Gasteiger partial charge in [0.05, 0.1) is 12.7 Å². The van der Waals surface area contributed by atoms with Crippen LogP contribution < -0.4 is 4.74 Å². The molecule has 20 heavy (non-hydrogen) atoms. The number of carbonyl (C=O) groups is 1. The van der Waals surface area contributed by atoms with Gasteiger partial charge in [-0.05, 0) is 30.3 Å². The van der Waals surface area contributed by atoms with Gasteiger partial charge in [0.15, 0.2) is 5.75 Å². The molecule has 0 aromatic heterocycles. The summed E-state index contributed by atoms with van der Waals surface area (Å²) < 4.78 is 6.63. The molecule has 0 aliphatic carbocycles. The summed E-state index contributed by atoms with van der Waals surface area (Å²) in [5.41, 5.74) is 1.34. The van der Waals surface area contributed by atoms with Crippen molar-refractivity contribution in [3.05, 3.63) is 63.3 Å². The van der Waals surface area contributed by atoms with Crippen LogP contribution in [-0.4, -0.2) is 23.3 Å². The molecule has 3 rings (SSSR count). The molecule has 2 aromatic carbocycles. The minimum atomic E-state index is -0.285. The number of Topliss-reactive ketones (excluding diaryl/α,β-unsaturated/α-hetero) is 1. The molecular weight excluding hydrogens is 322 g/mol. The lowest BCUT2D eigenvalue weighted by atomic mass is 10.0. The van der Waals surface area contributed by atoms with Crippen molar-refractivity contribution in [1.29, 1.82) is 0 Å². The highest BCUT2D eigenvalue weighted by Gasteiger charge is 2.38. The number of benzene rings is 2. The van der Waals surface area contributed by atoms with Crippen LogP contribution in [0.15, 0.2) is 46.9 Å². The maximum absolute atomic E-state index is 12.5. The number of rotatable bonds is 2. The van der Waals surface area contributed by atoms with Crippen molar-refractivity contribution in [3.8, 4) is 5.75 Å². The van der Waals surface area contributed by atoms with Gasteiger partial charge in [0.1, 0.15) is 5.56 Å². The zero-order valence-corrected chi connectivity index (χ0v) is 12.2. The van der Waals surface area contributed by atoms with Crippen molar-refractivity contribution in [1.82, 2.24) is 0 Å². The van der Waals surface area contributed by atoms with E-state index in [9.17, 15) is 10.0 Å². The fourth-order valence-corrected chi connectivity index (χ4v) is 2.69. The van der Waals surface area contributed by atoms with Crippen molar-refractivity contribution in [2.75, 3.05) is 7.11 Å². The summed E-state index contributed by atoms with van der Waals surface area (Å²) in [4.78, 5) is 12.4. The van der Waals surface area contributed by atoms with Gasteiger partial charge in [-0.3, -0.25) is 4.79 Å². The number of carbonyl (C=O) groups excluding carboxylic acids is 1. The molecule has 2 aromatic rings. The van der Waals surface area contributed by atoms with Gasteiger partial charge in [-0.15, -0.1) is 0 Å². The Balaban J connectivity index is 2.24. The number of halogens is 1. The molecule has 0 saturated heterocycles. The molecule has 1 aliphatic heterocycles. The second-order valence-electron chi connectivity index (χ2n) is 4.34. The third kappa shape index (κ3) is 1.82. The first-order valence-corrected chi connectivity index (χ1v) is 6.74. The normalized spacial score (nSPS) is 13.6. The Morgan fingerprint density at radius 1 is 1.20 bits per heavy atom. The van der Waals surface area contributed by atoms with E-state index in [0.29, 0.717) is 21.6 Å². The molecule has 4 nitrogen and oxygen atoms in total. The van der Waals surface area contributed by atoms with Crippen molar-refractivity contribution in [2.45, 2.75) is 0 Å². The molecule has 1 aliphatic rings. The third-order valence-corrected chi connectivity index (χ3v) is 3.68. The van der Waals surface area contributed by atoms with Crippen LogP contribution >= 0.6 is 15.9 Å². The highest BCUT2D eigenvalue weighted by molar-refractivity contribution is 9.10. The maximum Gasteiger partial charge on any atom is 0.273 e. The van der Waals surface area contributed by atoms with Gasteiger partial charge in [-0.25, -0.2) is 0 Å². The van der Waals surface area contributed by atoms with E-state index < -0.39 is 0 Å². The minimum Gasteiger partial charge on any atom is -0.618 e. The van der Waals surface area contributed by atoms with Crippen molar-refractivity contribution in [3.63, 3.8) is 0 Å². The number of ketones is 1. The summed E-state index contributed by atoms with van der Waals surface area (Å²) in [6, 6.07) is 12.1. The number of hydrogen-bond donors (Lipinski definition) is 0. The van der Waals surface area contributed by atoms with E-state index in [4.69, 9.17) is 4.74 Å². The number of methoxy groups -OCH3 is 1. The van der Waals surface area contributed by atoms with E-state index in [-0.39, 0.29) is 17.2 Å². The summed E-state index contributed by atoms with van der Waals surface area (Å²) in [7, 11) is 1.48. The molecule has 1 heterocycles. The summed E-state index contributed by atoms with van der Waals surface area (Å²) in [5, 5.41) is 12.5. The summed E-state index contributed by atoms with van der Waals surface area (Å²) >= 11 is 3.34. The SMILES string of the molecule is COc1cccc2c1[N+]([O-])=C(c1cccc(Br)c1)C2=O. The average Bonchev–Trinajstić information content (AvgIpc) is 2.71. The van der Waals surface area contributed by atoms with E-state index in [0.717, 1.165) is 4.47 Å². The Bertz CT molecular complexity index is 753. The fourth-order valence-electron chi connectivity index (χ4n) is 2.30. The Hall–Kier alpha value is -2.14. The van der Waals surface area contributed by atoms with Gasteiger partial charge < -0.3 is 9.94 Å². The highest BCUT2D eigenvalue weighted by Crippen LogP contribution is 2.36. The van der Waals surface area contributed by atoms with Gasteiger partial charge in [0.2, 0.25) is 0 Å². The minimum absolute atomic E-state index is 0.116. The van der Waals surface area contributed by atoms with E-state index in [1.165, 1.54) is 7.11 Å². The van der Waals surface area contributed by atoms with E-state index in [1.54, 1.807) is 36.4 Å². The molecule has 5 heteroatoms. The number of hydrogen-bond acceptors (Lipinski definition) is 3. The van der Waals surface area contributed by atoms with E-state index in [2.05, 4.69) is 15.9 Å². The molecule has 0 atom stereocenters. The van der Waals surface area contributed by atoms with Crippen LogP contribution in [0.25, 0.3) is 0 Å². The van der Waals surface area contributed by atoms with E-state index in [1.807, 2.05) is 6.07 Å². The van der Waals surface area contributed by atoms with Crippen molar-refractivity contribution >= 4 is 33.1 Å². The van der Waals surface area contributed by atoms with Crippen molar-refractivity contribution < 1.29 is 14.3 Å². The highest BCUT2D eigenvalue weighted by atomic mass is 79.9. The predicted octanol–water partition coefficient (Wildman–Crippen LogP) is 3.29. The maximum atomic E-state index is 12.5. The topological polar surface area (TPSA) is 52.4 Å². The monoisotopic (exact) mass is 331 g/mol. The summed E-state index contributed by atoms with van der Waals surface area (Å²) in [5.74, 6) is 0.114. The van der Waals surface area contributed by atoms with Gasteiger partial charge in [-0.2, -0.15) is 4.74 Å². The quantitative estimate of drug-likeness (QED) is 0.626. The van der Waals surface area contributed by atoms with Gasteiger partial charge in [0, 0.05) is 4.47 Å². The molecule has 0 radical (unpaired) electrons. The second-order valence-corrected chi connectivity index (χ2v) is 5.25. The smallest absolute Gasteiger partial charge is 0.273 e. The lowest BCUT2D eigenvalue weighted by Gasteiger charge is -2.06. The molecule has 100 valence electrons. The van der Waals surface area contributed by atoms with Gasteiger partial charge >= 0.3 is 0 Å². The number of para-hydroxylation sites is 1. The molecular formula is C15H10BrNO3. The summed E-state index contributed by atoms with van der Waals surface area (Å²) in [6.45, 7) is 0.